The predicted octanol–water partition coefficient (Wildman–Crippen LogP) is 1.06. The van der Waals surface area contributed by atoms with E-state index in [0.717, 1.165) is 0 Å². The average molecular weight is 214 g/mol. The van der Waals surface area contributed by atoms with Crippen LogP contribution >= 0.6 is 0 Å². The van der Waals surface area contributed by atoms with Gasteiger partial charge in [0.1, 0.15) is 0 Å². The molecule has 2 atom stereocenters. The number of aliphatic hydroxyl groups excluding tert-OH is 1. The van der Waals surface area contributed by atoms with Crippen molar-refractivity contribution in [1.29, 1.82) is 0 Å². The summed E-state index contributed by atoms with van der Waals surface area (Å²) in [4.78, 5) is 2.53. The monoisotopic (exact) mass is 214 g/mol. The largest absolute Gasteiger partial charge is 0.396 e. The molecule has 0 unspecified atom stereocenters. The van der Waals surface area contributed by atoms with Gasteiger partial charge in [0.2, 0.25) is 0 Å². The number of likely N-dealkylation sites (tertiary alicyclic amines) is 1. The third-order valence-electron chi connectivity index (χ3n) is 3.52. The quantitative estimate of drug-likeness (QED) is 0.719. The normalized spacial score (nSPS) is 23.0. The van der Waals surface area contributed by atoms with Crippen LogP contribution in [0.25, 0.3) is 0 Å². The highest BCUT2D eigenvalue weighted by Crippen LogP contribution is 2.23. The van der Waals surface area contributed by atoms with Gasteiger partial charge in [-0.2, -0.15) is 0 Å². The SMILES string of the molecule is CC(C)[C@@H]([C@H](CN)CO)N1CCCCC1. The van der Waals surface area contributed by atoms with Crippen LogP contribution in [-0.2, 0) is 0 Å². The zero-order valence-corrected chi connectivity index (χ0v) is 10.2. The lowest BCUT2D eigenvalue weighted by molar-refractivity contribution is 0.0564. The minimum Gasteiger partial charge on any atom is -0.396 e. The maximum absolute atomic E-state index is 9.37. The lowest BCUT2D eigenvalue weighted by Gasteiger charge is -2.40. The highest BCUT2D eigenvalue weighted by molar-refractivity contribution is 4.84. The molecule has 0 bridgehead atoms. The molecule has 0 amide bonds. The molecule has 1 fully saturated rings. The van der Waals surface area contributed by atoms with Gasteiger partial charge in [-0.25, -0.2) is 0 Å². The van der Waals surface area contributed by atoms with Gasteiger partial charge >= 0.3 is 0 Å². The van der Waals surface area contributed by atoms with E-state index < -0.39 is 0 Å². The van der Waals surface area contributed by atoms with Crippen LogP contribution in [0.4, 0.5) is 0 Å². The fourth-order valence-corrected chi connectivity index (χ4v) is 2.80. The second kappa shape index (κ2) is 6.46. The van der Waals surface area contributed by atoms with Crippen LogP contribution in [0, 0.1) is 11.8 Å². The van der Waals surface area contributed by atoms with Crippen molar-refractivity contribution in [1.82, 2.24) is 4.90 Å². The van der Waals surface area contributed by atoms with E-state index in [1.807, 2.05) is 0 Å². The van der Waals surface area contributed by atoms with E-state index in [0.29, 0.717) is 18.5 Å². The van der Waals surface area contributed by atoms with Crippen molar-refractivity contribution in [3.8, 4) is 0 Å². The average Bonchev–Trinajstić information content (AvgIpc) is 2.26. The lowest BCUT2D eigenvalue weighted by atomic mass is 9.88. The molecule has 0 radical (unpaired) electrons. The standard InChI is InChI=1S/C12H26N2O/c1-10(2)12(11(8-13)9-15)14-6-4-3-5-7-14/h10-12,15H,3-9,13H2,1-2H3/t11-,12+/m1/s1. The zero-order chi connectivity index (χ0) is 11.3. The fourth-order valence-electron chi connectivity index (χ4n) is 2.80. The van der Waals surface area contributed by atoms with Gasteiger partial charge in [-0.05, 0) is 38.4 Å². The number of nitrogens with zero attached hydrogens (tertiary/aromatic N) is 1. The Balaban J connectivity index is 2.62. The van der Waals surface area contributed by atoms with Gasteiger partial charge in [-0.3, -0.25) is 4.90 Å². The van der Waals surface area contributed by atoms with Crippen LogP contribution < -0.4 is 5.73 Å². The molecule has 15 heavy (non-hydrogen) atoms. The first kappa shape index (κ1) is 12.9. The van der Waals surface area contributed by atoms with E-state index in [9.17, 15) is 5.11 Å². The first-order valence-electron chi connectivity index (χ1n) is 6.25. The van der Waals surface area contributed by atoms with Gasteiger partial charge in [0.05, 0.1) is 0 Å². The van der Waals surface area contributed by atoms with Crippen LogP contribution in [-0.4, -0.2) is 42.3 Å². The molecule has 3 N–H and O–H groups in total. The van der Waals surface area contributed by atoms with Crippen molar-refractivity contribution in [2.24, 2.45) is 17.6 Å². The van der Waals surface area contributed by atoms with Crippen molar-refractivity contribution in [2.75, 3.05) is 26.2 Å². The summed E-state index contributed by atoms with van der Waals surface area (Å²) in [5.41, 5.74) is 5.74. The smallest absolute Gasteiger partial charge is 0.0486 e. The molecule has 0 aromatic carbocycles. The van der Waals surface area contributed by atoms with E-state index in [-0.39, 0.29) is 12.5 Å². The molecule has 0 aromatic heterocycles. The summed E-state index contributed by atoms with van der Waals surface area (Å²) in [5.74, 6) is 0.812. The molecule has 0 spiro atoms. The second-order valence-electron chi connectivity index (χ2n) is 5.01. The summed E-state index contributed by atoms with van der Waals surface area (Å²) in [6, 6.07) is 0.459. The minimum atomic E-state index is 0.218. The topological polar surface area (TPSA) is 49.5 Å². The fraction of sp³-hybridized carbons (Fsp3) is 1.00. The van der Waals surface area contributed by atoms with Gasteiger partial charge in [0, 0.05) is 18.6 Å². The van der Waals surface area contributed by atoms with Crippen LogP contribution in [0.2, 0.25) is 0 Å². The predicted molar refractivity (Wildman–Crippen MR) is 63.7 cm³/mol. The summed E-state index contributed by atoms with van der Waals surface area (Å²) in [7, 11) is 0. The molecular weight excluding hydrogens is 188 g/mol. The summed E-state index contributed by atoms with van der Waals surface area (Å²) in [6.07, 6.45) is 3.95. The maximum atomic E-state index is 9.37. The highest BCUT2D eigenvalue weighted by atomic mass is 16.3. The Morgan fingerprint density at radius 1 is 1.20 bits per heavy atom. The lowest BCUT2D eigenvalue weighted by Crippen LogP contribution is -2.49. The molecule has 1 heterocycles. The van der Waals surface area contributed by atoms with Crippen molar-refractivity contribution < 1.29 is 5.11 Å². The third kappa shape index (κ3) is 3.44. The summed E-state index contributed by atoms with van der Waals surface area (Å²) in [5, 5.41) is 9.37. The van der Waals surface area contributed by atoms with Crippen molar-refractivity contribution in [3.63, 3.8) is 0 Å². The molecule has 1 rings (SSSR count). The Bertz CT molecular complexity index is 163. The number of piperidine rings is 1. The van der Waals surface area contributed by atoms with Crippen LogP contribution in [0.5, 0.6) is 0 Å². The Hall–Kier alpha value is -0.120. The molecular formula is C12H26N2O. The first-order chi connectivity index (χ1) is 7.20. The number of hydrogen-bond donors (Lipinski definition) is 2. The molecule has 0 aliphatic carbocycles. The van der Waals surface area contributed by atoms with Gasteiger partial charge in [0.25, 0.3) is 0 Å². The molecule has 3 nitrogen and oxygen atoms in total. The molecule has 1 saturated heterocycles. The van der Waals surface area contributed by atoms with Crippen molar-refractivity contribution >= 4 is 0 Å². The summed E-state index contributed by atoms with van der Waals surface area (Å²) in [6.45, 7) is 7.64. The summed E-state index contributed by atoms with van der Waals surface area (Å²) >= 11 is 0. The molecule has 0 aromatic rings. The van der Waals surface area contributed by atoms with Crippen LogP contribution in [0.15, 0.2) is 0 Å². The molecule has 90 valence electrons. The third-order valence-corrected chi connectivity index (χ3v) is 3.52. The van der Waals surface area contributed by atoms with E-state index in [1.165, 1.54) is 32.4 Å². The number of aliphatic hydroxyl groups is 1. The first-order valence-corrected chi connectivity index (χ1v) is 6.25. The van der Waals surface area contributed by atoms with Gasteiger partial charge in [-0.1, -0.05) is 20.3 Å². The number of nitrogens with two attached hydrogens (primary N) is 1. The van der Waals surface area contributed by atoms with Crippen LogP contribution in [0.3, 0.4) is 0 Å². The number of rotatable bonds is 5. The molecule has 1 aliphatic heterocycles. The Labute approximate surface area is 93.6 Å². The van der Waals surface area contributed by atoms with E-state index >= 15 is 0 Å². The summed E-state index contributed by atoms with van der Waals surface area (Å²) < 4.78 is 0. The number of hydrogen-bond acceptors (Lipinski definition) is 3. The van der Waals surface area contributed by atoms with E-state index in [2.05, 4.69) is 18.7 Å². The maximum Gasteiger partial charge on any atom is 0.0486 e. The zero-order valence-electron chi connectivity index (χ0n) is 10.2. The second-order valence-corrected chi connectivity index (χ2v) is 5.01. The van der Waals surface area contributed by atoms with Gasteiger partial charge in [-0.15, -0.1) is 0 Å². The Morgan fingerprint density at radius 3 is 2.20 bits per heavy atom. The Morgan fingerprint density at radius 2 is 1.80 bits per heavy atom. The van der Waals surface area contributed by atoms with E-state index in [4.69, 9.17) is 5.73 Å². The minimum absolute atomic E-state index is 0.218. The van der Waals surface area contributed by atoms with Crippen LogP contribution in [0.1, 0.15) is 33.1 Å². The van der Waals surface area contributed by atoms with Crippen molar-refractivity contribution in [3.05, 3.63) is 0 Å². The molecule has 3 heteroatoms. The van der Waals surface area contributed by atoms with E-state index in [1.54, 1.807) is 0 Å². The van der Waals surface area contributed by atoms with Crippen molar-refractivity contribution in [2.45, 2.75) is 39.2 Å². The molecule has 0 saturated carbocycles. The molecule has 1 aliphatic rings. The van der Waals surface area contributed by atoms with Gasteiger partial charge < -0.3 is 10.8 Å². The Kier molecular flexibility index (Phi) is 5.58. The highest BCUT2D eigenvalue weighted by Gasteiger charge is 2.29. The van der Waals surface area contributed by atoms with Gasteiger partial charge in [0.15, 0.2) is 0 Å².